The third-order valence-corrected chi connectivity index (χ3v) is 3.64. The topological polar surface area (TPSA) is 43.1 Å². The van der Waals surface area contributed by atoms with Crippen LogP contribution in [0.3, 0.4) is 0 Å². The molecule has 2 nitrogen and oxygen atoms in total. The van der Waals surface area contributed by atoms with E-state index < -0.39 is 0 Å². The average Bonchev–Trinajstić information content (AvgIpc) is 2.42. The third kappa shape index (κ3) is 6.42. The van der Waals surface area contributed by atoms with Crippen LogP contribution in [0.1, 0.15) is 69.8 Å². The molecule has 0 saturated heterocycles. The Morgan fingerprint density at radius 3 is 2.16 bits per heavy atom. The van der Waals surface area contributed by atoms with Gasteiger partial charge in [-0.3, -0.25) is 4.79 Å². The molecule has 0 spiro atoms. The van der Waals surface area contributed by atoms with E-state index in [-0.39, 0.29) is 11.8 Å². The highest BCUT2D eigenvalue weighted by molar-refractivity contribution is 5.81. The lowest BCUT2D eigenvalue weighted by atomic mass is 9.92. The van der Waals surface area contributed by atoms with Gasteiger partial charge in [0.25, 0.3) is 0 Å². The molecule has 0 aliphatic carbocycles. The summed E-state index contributed by atoms with van der Waals surface area (Å²) in [5, 5.41) is 0. The first-order valence-electron chi connectivity index (χ1n) is 7.60. The van der Waals surface area contributed by atoms with Crippen molar-refractivity contribution in [3.8, 4) is 0 Å². The number of nitrogens with two attached hydrogens (primary N) is 1. The molecular weight excluding hydrogens is 234 g/mol. The van der Waals surface area contributed by atoms with Crippen molar-refractivity contribution >= 4 is 5.91 Å². The zero-order valence-corrected chi connectivity index (χ0v) is 12.1. The first kappa shape index (κ1) is 15.7. The number of unbranched alkanes of at least 4 members (excludes halogenated alkanes) is 6. The molecule has 1 rings (SSSR count). The van der Waals surface area contributed by atoms with Gasteiger partial charge in [-0.1, -0.05) is 82.2 Å². The highest BCUT2D eigenvalue weighted by Crippen LogP contribution is 2.22. The Morgan fingerprint density at radius 2 is 1.58 bits per heavy atom. The Bertz CT molecular complexity index is 348. The molecule has 0 aliphatic rings. The highest BCUT2D eigenvalue weighted by Gasteiger charge is 2.16. The van der Waals surface area contributed by atoms with Gasteiger partial charge in [0, 0.05) is 0 Å². The van der Waals surface area contributed by atoms with Gasteiger partial charge in [-0.2, -0.15) is 0 Å². The van der Waals surface area contributed by atoms with Gasteiger partial charge in [-0.15, -0.1) is 0 Å². The number of amides is 1. The molecule has 1 aromatic carbocycles. The lowest BCUT2D eigenvalue weighted by molar-refractivity contribution is -0.119. The molecule has 0 radical (unpaired) electrons. The van der Waals surface area contributed by atoms with Crippen molar-refractivity contribution in [1.29, 1.82) is 0 Å². The minimum atomic E-state index is -0.197. The predicted molar refractivity (Wildman–Crippen MR) is 81.0 cm³/mol. The van der Waals surface area contributed by atoms with E-state index in [4.69, 9.17) is 5.73 Å². The largest absolute Gasteiger partial charge is 0.369 e. The molecular formula is C17H27NO. The van der Waals surface area contributed by atoms with Crippen molar-refractivity contribution in [3.05, 3.63) is 35.9 Å². The number of hydrogen-bond donors (Lipinski definition) is 1. The maximum Gasteiger partial charge on any atom is 0.224 e. The summed E-state index contributed by atoms with van der Waals surface area (Å²) in [6.07, 6.45) is 9.75. The van der Waals surface area contributed by atoms with Crippen LogP contribution in [0.4, 0.5) is 0 Å². The van der Waals surface area contributed by atoms with E-state index in [1.807, 2.05) is 30.3 Å². The van der Waals surface area contributed by atoms with Crippen LogP contribution in [0, 0.1) is 0 Å². The Labute approximate surface area is 117 Å². The molecule has 0 saturated carbocycles. The van der Waals surface area contributed by atoms with Crippen molar-refractivity contribution < 1.29 is 4.79 Å². The summed E-state index contributed by atoms with van der Waals surface area (Å²) >= 11 is 0. The molecule has 1 unspecified atom stereocenters. The van der Waals surface area contributed by atoms with Gasteiger partial charge in [0.05, 0.1) is 5.92 Å². The summed E-state index contributed by atoms with van der Waals surface area (Å²) in [4.78, 5) is 11.5. The molecule has 106 valence electrons. The number of carbonyl (C=O) groups excluding carboxylic acids is 1. The Hall–Kier alpha value is -1.31. The van der Waals surface area contributed by atoms with Gasteiger partial charge in [-0.05, 0) is 12.0 Å². The van der Waals surface area contributed by atoms with E-state index in [9.17, 15) is 4.79 Å². The molecule has 2 heteroatoms. The van der Waals surface area contributed by atoms with Crippen LogP contribution in [0.15, 0.2) is 30.3 Å². The van der Waals surface area contributed by atoms with Crippen molar-refractivity contribution in [2.24, 2.45) is 5.73 Å². The first-order chi connectivity index (χ1) is 9.25. The smallest absolute Gasteiger partial charge is 0.224 e. The number of primary amides is 1. The molecule has 1 aromatic rings. The number of benzene rings is 1. The van der Waals surface area contributed by atoms with E-state index in [0.717, 1.165) is 18.4 Å². The molecule has 0 bridgehead atoms. The van der Waals surface area contributed by atoms with E-state index >= 15 is 0 Å². The van der Waals surface area contributed by atoms with Crippen molar-refractivity contribution in [2.75, 3.05) is 0 Å². The van der Waals surface area contributed by atoms with Crippen LogP contribution >= 0.6 is 0 Å². The Kier molecular flexibility index (Phi) is 7.95. The van der Waals surface area contributed by atoms with Crippen LogP contribution in [-0.2, 0) is 4.79 Å². The molecule has 0 fully saturated rings. The van der Waals surface area contributed by atoms with Crippen LogP contribution in [-0.4, -0.2) is 5.91 Å². The highest BCUT2D eigenvalue weighted by atomic mass is 16.1. The first-order valence-corrected chi connectivity index (χ1v) is 7.60. The monoisotopic (exact) mass is 261 g/mol. The quantitative estimate of drug-likeness (QED) is 0.623. The van der Waals surface area contributed by atoms with E-state index in [1.54, 1.807) is 0 Å². The number of rotatable bonds is 10. The maximum atomic E-state index is 11.5. The lowest BCUT2D eigenvalue weighted by Gasteiger charge is -2.13. The number of hydrogen-bond acceptors (Lipinski definition) is 1. The molecule has 0 heterocycles. The van der Waals surface area contributed by atoms with Crippen LogP contribution in [0.5, 0.6) is 0 Å². The van der Waals surface area contributed by atoms with E-state index in [2.05, 4.69) is 6.92 Å². The Morgan fingerprint density at radius 1 is 1.00 bits per heavy atom. The van der Waals surface area contributed by atoms with E-state index in [0.29, 0.717) is 0 Å². The molecule has 1 amide bonds. The average molecular weight is 261 g/mol. The molecule has 2 N–H and O–H groups in total. The molecule has 0 aromatic heterocycles. The number of carbonyl (C=O) groups is 1. The van der Waals surface area contributed by atoms with Crippen LogP contribution in [0.25, 0.3) is 0 Å². The summed E-state index contributed by atoms with van der Waals surface area (Å²) in [5.74, 6) is -0.311. The van der Waals surface area contributed by atoms with Crippen molar-refractivity contribution in [2.45, 2.75) is 64.2 Å². The maximum absolute atomic E-state index is 11.5. The SMILES string of the molecule is CCCCCCCCCC(C(N)=O)c1ccccc1. The molecule has 1 atom stereocenters. The zero-order valence-electron chi connectivity index (χ0n) is 12.1. The summed E-state index contributed by atoms with van der Waals surface area (Å²) in [6.45, 7) is 2.23. The Balaban J connectivity index is 2.26. The van der Waals surface area contributed by atoms with Gasteiger partial charge in [0.2, 0.25) is 5.91 Å². The zero-order chi connectivity index (χ0) is 13.9. The normalized spacial score (nSPS) is 12.3. The standard InChI is InChI=1S/C17H27NO/c1-2-3-4-5-6-7-11-14-16(17(18)19)15-12-9-8-10-13-15/h8-10,12-13,16H,2-7,11,14H2,1H3,(H2,18,19). The van der Waals surface area contributed by atoms with Gasteiger partial charge in [0.15, 0.2) is 0 Å². The second kappa shape index (κ2) is 9.60. The lowest BCUT2D eigenvalue weighted by Crippen LogP contribution is -2.21. The van der Waals surface area contributed by atoms with Gasteiger partial charge in [-0.25, -0.2) is 0 Å². The van der Waals surface area contributed by atoms with Crippen molar-refractivity contribution in [1.82, 2.24) is 0 Å². The minimum Gasteiger partial charge on any atom is -0.369 e. The van der Waals surface area contributed by atoms with Gasteiger partial charge < -0.3 is 5.73 Å². The minimum absolute atomic E-state index is 0.114. The van der Waals surface area contributed by atoms with Crippen molar-refractivity contribution in [3.63, 3.8) is 0 Å². The fourth-order valence-electron chi connectivity index (χ4n) is 2.46. The fourth-order valence-corrected chi connectivity index (χ4v) is 2.46. The fraction of sp³-hybridized carbons (Fsp3) is 0.588. The van der Waals surface area contributed by atoms with E-state index in [1.165, 1.54) is 38.5 Å². The summed E-state index contributed by atoms with van der Waals surface area (Å²) in [5.41, 5.74) is 6.57. The second-order valence-corrected chi connectivity index (χ2v) is 5.28. The molecule has 0 aliphatic heterocycles. The van der Waals surface area contributed by atoms with Gasteiger partial charge >= 0.3 is 0 Å². The van der Waals surface area contributed by atoms with Gasteiger partial charge in [0.1, 0.15) is 0 Å². The summed E-state index contributed by atoms with van der Waals surface area (Å²) < 4.78 is 0. The summed E-state index contributed by atoms with van der Waals surface area (Å²) in [6, 6.07) is 9.90. The second-order valence-electron chi connectivity index (χ2n) is 5.28. The third-order valence-electron chi connectivity index (χ3n) is 3.64. The van der Waals surface area contributed by atoms with Crippen LogP contribution < -0.4 is 5.73 Å². The molecule has 19 heavy (non-hydrogen) atoms. The summed E-state index contributed by atoms with van der Waals surface area (Å²) in [7, 11) is 0. The predicted octanol–water partition coefficient (Wildman–Crippen LogP) is 4.40. The van der Waals surface area contributed by atoms with Crippen LogP contribution in [0.2, 0.25) is 0 Å².